The highest BCUT2D eigenvalue weighted by atomic mass is 16.5. The van der Waals surface area contributed by atoms with Gasteiger partial charge in [0, 0.05) is 23.1 Å². The number of carbonyl (C=O) groups is 3. The number of nitrogens with one attached hydrogen (secondary N) is 2. The third-order valence-corrected chi connectivity index (χ3v) is 4.06. The number of amides is 2. The van der Waals surface area contributed by atoms with Crippen molar-refractivity contribution in [1.82, 2.24) is 4.98 Å². The van der Waals surface area contributed by atoms with Gasteiger partial charge in [-0.05, 0) is 67.6 Å². The van der Waals surface area contributed by atoms with Crippen molar-refractivity contribution in [3.05, 3.63) is 84.2 Å². The van der Waals surface area contributed by atoms with E-state index in [-0.39, 0.29) is 11.6 Å². The molecule has 0 aliphatic heterocycles. The molecule has 0 saturated heterocycles. The van der Waals surface area contributed by atoms with Crippen LogP contribution in [0.25, 0.3) is 0 Å². The zero-order valence-corrected chi connectivity index (χ0v) is 16.8. The van der Waals surface area contributed by atoms with Crippen molar-refractivity contribution in [1.29, 1.82) is 0 Å². The summed E-state index contributed by atoms with van der Waals surface area (Å²) in [6, 6.07) is 18.2. The highest BCUT2D eigenvalue weighted by molar-refractivity contribution is 6.04. The second-order valence-corrected chi connectivity index (χ2v) is 6.33. The number of hydrogen-bond acceptors (Lipinski definition) is 6. The van der Waals surface area contributed by atoms with Gasteiger partial charge in [0.2, 0.25) is 0 Å². The molecule has 3 rings (SSSR count). The van der Waals surface area contributed by atoms with Gasteiger partial charge in [0.1, 0.15) is 11.4 Å². The zero-order valence-electron chi connectivity index (χ0n) is 16.8. The molecule has 8 nitrogen and oxygen atoms in total. The van der Waals surface area contributed by atoms with Crippen LogP contribution in [-0.2, 0) is 9.53 Å². The Kier molecular flexibility index (Phi) is 7.31. The van der Waals surface area contributed by atoms with Crippen LogP contribution in [0.2, 0.25) is 0 Å². The highest BCUT2D eigenvalue weighted by Gasteiger charge is 2.12. The zero-order chi connectivity index (χ0) is 22.1. The van der Waals surface area contributed by atoms with Crippen LogP contribution in [0.1, 0.15) is 27.8 Å². The maximum absolute atomic E-state index is 12.4. The van der Waals surface area contributed by atoms with Crippen LogP contribution in [0.5, 0.6) is 5.75 Å². The second kappa shape index (κ2) is 10.5. The number of esters is 1. The van der Waals surface area contributed by atoms with Crippen LogP contribution in [0, 0.1) is 0 Å². The molecule has 1 aromatic heterocycles. The molecule has 0 bridgehead atoms. The normalized spacial score (nSPS) is 10.1. The minimum absolute atomic E-state index is 0.123. The Bertz CT molecular complexity index is 1040. The topological polar surface area (TPSA) is 107 Å². The maximum Gasteiger partial charge on any atom is 0.357 e. The number of nitrogens with zero attached hydrogens (tertiary/aromatic N) is 1. The molecule has 158 valence electrons. The molecular formula is C23H21N3O5. The van der Waals surface area contributed by atoms with E-state index in [9.17, 15) is 14.4 Å². The third-order valence-electron chi connectivity index (χ3n) is 4.06. The van der Waals surface area contributed by atoms with E-state index in [1.807, 2.05) is 6.92 Å². The Morgan fingerprint density at radius 2 is 1.55 bits per heavy atom. The van der Waals surface area contributed by atoms with Crippen molar-refractivity contribution in [2.24, 2.45) is 0 Å². The standard InChI is InChI=1S/C23H21N3O5/c1-2-30-19-12-10-18(11-13-19)26-22(28)16-6-8-17(9-7-16)25-21(27)15-31-23(29)20-5-3-4-14-24-20/h3-14H,2,15H2,1H3,(H,25,27)(H,26,28). The van der Waals surface area contributed by atoms with E-state index in [0.717, 1.165) is 5.75 Å². The number of hydrogen-bond donors (Lipinski definition) is 2. The first-order chi connectivity index (χ1) is 15.0. The average molecular weight is 419 g/mol. The van der Waals surface area contributed by atoms with Crippen LogP contribution in [-0.4, -0.2) is 36.0 Å². The number of aromatic nitrogens is 1. The van der Waals surface area contributed by atoms with Gasteiger partial charge in [-0.25, -0.2) is 9.78 Å². The number of ether oxygens (including phenoxy) is 2. The van der Waals surface area contributed by atoms with Crippen molar-refractivity contribution >= 4 is 29.2 Å². The lowest BCUT2D eigenvalue weighted by Gasteiger charge is -2.09. The van der Waals surface area contributed by atoms with Gasteiger partial charge in [0.05, 0.1) is 6.61 Å². The molecule has 0 atom stereocenters. The van der Waals surface area contributed by atoms with Crippen molar-refractivity contribution < 1.29 is 23.9 Å². The van der Waals surface area contributed by atoms with Crippen molar-refractivity contribution in [2.75, 3.05) is 23.8 Å². The summed E-state index contributed by atoms with van der Waals surface area (Å²) in [5.41, 5.74) is 1.66. The van der Waals surface area contributed by atoms with Crippen LogP contribution >= 0.6 is 0 Å². The van der Waals surface area contributed by atoms with Gasteiger partial charge in [-0.1, -0.05) is 6.07 Å². The van der Waals surface area contributed by atoms with Crippen LogP contribution in [0.15, 0.2) is 72.9 Å². The Morgan fingerprint density at radius 3 is 2.19 bits per heavy atom. The fraction of sp³-hybridized carbons (Fsp3) is 0.130. The average Bonchev–Trinajstić information content (AvgIpc) is 2.80. The molecular weight excluding hydrogens is 398 g/mol. The van der Waals surface area contributed by atoms with E-state index >= 15 is 0 Å². The van der Waals surface area contributed by atoms with E-state index in [0.29, 0.717) is 23.5 Å². The van der Waals surface area contributed by atoms with E-state index in [4.69, 9.17) is 9.47 Å². The lowest BCUT2D eigenvalue weighted by molar-refractivity contribution is -0.119. The summed E-state index contributed by atoms with van der Waals surface area (Å²) >= 11 is 0. The third kappa shape index (κ3) is 6.40. The molecule has 31 heavy (non-hydrogen) atoms. The molecule has 0 unspecified atom stereocenters. The summed E-state index contributed by atoms with van der Waals surface area (Å²) in [5.74, 6) is -0.745. The first-order valence-corrected chi connectivity index (χ1v) is 9.57. The fourth-order valence-corrected chi connectivity index (χ4v) is 2.59. The Balaban J connectivity index is 1.49. The van der Waals surface area contributed by atoms with Crippen molar-refractivity contribution in [2.45, 2.75) is 6.92 Å². The molecule has 0 saturated carbocycles. The van der Waals surface area contributed by atoms with Gasteiger partial charge < -0.3 is 20.1 Å². The molecule has 0 radical (unpaired) electrons. The van der Waals surface area contributed by atoms with Gasteiger partial charge in [0.15, 0.2) is 6.61 Å². The quantitative estimate of drug-likeness (QED) is 0.541. The Labute approximate surface area is 179 Å². The predicted molar refractivity (Wildman–Crippen MR) is 115 cm³/mol. The smallest absolute Gasteiger partial charge is 0.357 e. The lowest BCUT2D eigenvalue weighted by atomic mass is 10.2. The molecule has 1 heterocycles. The largest absolute Gasteiger partial charge is 0.494 e. The molecule has 3 aromatic rings. The minimum atomic E-state index is -0.683. The van der Waals surface area contributed by atoms with Crippen LogP contribution < -0.4 is 15.4 Å². The summed E-state index contributed by atoms with van der Waals surface area (Å²) < 4.78 is 10.3. The molecule has 2 aromatic carbocycles. The SMILES string of the molecule is CCOc1ccc(NC(=O)c2ccc(NC(=O)COC(=O)c3ccccn3)cc2)cc1. The molecule has 8 heteroatoms. The van der Waals surface area contributed by atoms with Gasteiger partial charge in [-0.3, -0.25) is 9.59 Å². The monoisotopic (exact) mass is 419 g/mol. The van der Waals surface area contributed by atoms with Gasteiger partial charge in [-0.2, -0.15) is 0 Å². The molecule has 2 N–H and O–H groups in total. The second-order valence-electron chi connectivity index (χ2n) is 6.33. The summed E-state index contributed by atoms with van der Waals surface area (Å²) in [6.07, 6.45) is 1.46. The van der Waals surface area contributed by atoms with E-state index in [2.05, 4.69) is 15.6 Å². The first-order valence-electron chi connectivity index (χ1n) is 9.57. The van der Waals surface area contributed by atoms with Gasteiger partial charge in [0.25, 0.3) is 11.8 Å². The number of carbonyl (C=O) groups excluding carboxylic acids is 3. The van der Waals surface area contributed by atoms with E-state index in [1.165, 1.54) is 12.3 Å². The summed E-state index contributed by atoms with van der Waals surface area (Å²) in [5, 5.41) is 5.39. The number of anilines is 2. The number of rotatable bonds is 8. The predicted octanol–water partition coefficient (Wildman–Crippen LogP) is 3.53. The van der Waals surface area contributed by atoms with Crippen molar-refractivity contribution in [3.8, 4) is 5.75 Å². The van der Waals surface area contributed by atoms with E-state index < -0.39 is 18.5 Å². The maximum atomic E-state index is 12.4. The van der Waals surface area contributed by atoms with Gasteiger partial charge in [-0.15, -0.1) is 0 Å². The molecule has 0 fully saturated rings. The summed E-state index contributed by atoms with van der Waals surface area (Å²) in [4.78, 5) is 40.0. The van der Waals surface area contributed by atoms with Crippen LogP contribution in [0.3, 0.4) is 0 Å². The van der Waals surface area contributed by atoms with Crippen LogP contribution in [0.4, 0.5) is 11.4 Å². The van der Waals surface area contributed by atoms with Crippen molar-refractivity contribution in [3.63, 3.8) is 0 Å². The summed E-state index contributed by atoms with van der Waals surface area (Å²) in [6.45, 7) is 2.02. The lowest BCUT2D eigenvalue weighted by Crippen LogP contribution is -2.21. The fourth-order valence-electron chi connectivity index (χ4n) is 2.59. The summed E-state index contributed by atoms with van der Waals surface area (Å²) in [7, 11) is 0. The van der Waals surface area contributed by atoms with Gasteiger partial charge >= 0.3 is 5.97 Å². The number of pyridine rings is 1. The molecule has 2 amide bonds. The minimum Gasteiger partial charge on any atom is -0.494 e. The van der Waals surface area contributed by atoms with E-state index in [1.54, 1.807) is 60.7 Å². The molecule has 0 aliphatic rings. The molecule has 0 aliphatic carbocycles. The first kappa shape index (κ1) is 21.5. The Morgan fingerprint density at radius 1 is 0.871 bits per heavy atom. The molecule has 0 spiro atoms. The number of benzene rings is 2. The Hall–Kier alpha value is -4.20. The highest BCUT2D eigenvalue weighted by Crippen LogP contribution is 2.17.